The van der Waals surface area contributed by atoms with Gasteiger partial charge in [0.2, 0.25) is 0 Å². The first-order valence-corrected chi connectivity index (χ1v) is 13.9. The van der Waals surface area contributed by atoms with Gasteiger partial charge < -0.3 is 0 Å². The van der Waals surface area contributed by atoms with E-state index in [0.29, 0.717) is 7.92 Å². The predicted octanol–water partition coefficient (Wildman–Crippen LogP) is 9.30. The fraction of sp³-hybridized carbons (Fsp3) is 1.00. The van der Waals surface area contributed by atoms with Gasteiger partial charge in [-0.3, -0.25) is 0 Å². The lowest BCUT2D eigenvalue weighted by Gasteiger charge is -2.31. The average molecular weight is 369 g/mol. The van der Waals surface area contributed by atoms with E-state index in [9.17, 15) is 0 Å². The van der Waals surface area contributed by atoms with E-state index in [1.54, 1.807) is 38.0 Å². The smallest absolute Gasteiger partial charge is 0.0209 e. The summed E-state index contributed by atoms with van der Waals surface area (Å²) in [5.41, 5.74) is 1.16. The van der Waals surface area contributed by atoms with Crippen LogP contribution in [0.2, 0.25) is 0 Å². The Labute approximate surface area is 162 Å². The van der Waals surface area contributed by atoms with Crippen LogP contribution in [0.15, 0.2) is 0 Å². The van der Waals surface area contributed by atoms with Crippen molar-refractivity contribution in [2.45, 2.75) is 142 Å². The van der Waals surface area contributed by atoms with Gasteiger partial charge in [0.15, 0.2) is 0 Å². The molecular weight excluding hydrogens is 319 g/mol. The van der Waals surface area contributed by atoms with Crippen LogP contribution < -0.4 is 0 Å². The lowest BCUT2D eigenvalue weighted by atomic mass is 10.0. The predicted molar refractivity (Wildman–Crippen MR) is 120 cm³/mol. The van der Waals surface area contributed by atoms with Crippen molar-refractivity contribution in [3.05, 3.63) is 0 Å². The summed E-state index contributed by atoms with van der Waals surface area (Å²) in [6.07, 6.45) is 31.7. The third kappa shape index (κ3) is 13.3. The van der Waals surface area contributed by atoms with Gasteiger partial charge in [0.1, 0.15) is 0 Å². The third-order valence-electron chi connectivity index (χ3n) is 6.19. The Morgan fingerprint density at radius 3 is 1.36 bits per heavy atom. The highest BCUT2D eigenvalue weighted by molar-refractivity contribution is 7.58. The first kappa shape index (κ1) is 23.5. The van der Waals surface area contributed by atoms with E-state index in [4.69, 9.17) is 0 Å². The van der Waals surface area contributed by atoms with Crippen LogP contribution in [0.25, 0.3) is 0 Å². The molecule has 0 spiro atoms. The zero-order chi connectivity index (χ0) is 18.0. The molecular formula is C24H49P. The van der Waals surface area contributed by atoms with Crippen LogP contribution in [0.3, 0.4) is 0 Å². The molecule has 0 bridgehead atoms. The molecule has 0 amide bonds. The van der Waals surface area contributed by atoms with Crippen molar-refractivity contribution in [2.75, 3.05) is 12.3 Å². The van der Waals surface area contributed by atoms with E-state index in [2.05, 4.69) is 13.8 Å². The molecule has 0 aromatic rings. The van der Waals surface area contributed by atoms with Gasteiger partial charge >= 0.3 is 0 Å². The Kier molecular flexibility index (Phi) is 16.7. The van der Waals surface area contributed by atoms with Crippen LogP contribution in [0, 0.1) is 0 Å². The molecule has 1 aliphatic rings. The second-order valence-corrected chi connectivity index (χ2v) is 11.4. The molecule has 0 N–H and O–H groups in total. The average Bonchev–Trinajstić information content (AvgIpc) is 2.65. The van der Waals surface area contributed by atoms with Crippen LogP contribution in [0.4, 0.5) is 0 Å². The third-order valence-corrected chi connectivity index (χ3v) is 9.52. The summed E-state index contributed by atoms with van der Waals surface area (Å²) in [6.45, 7) is 4.64. The van der Waals surface area contributed by atoms with Gasteiger partial charge in [-0.25, -0.2) is 0 Å². The minimum atomic E-state index is 0.366. The van der Waals surface area contributed by atoms with Crippen molar-refractivity contribution < 1.29 is 0 Å². The van der Waals surface area contributed by atoms with E-state index >= 15 is 0 Å². The van der Waals surface area contributed by atoms with Crippen molar-refractivity contribution in [3.63, 3.8) is 0 Å². The number of rotatable bonds is 17. The van der Waals surface area contributed by atoms with Gasteiger partial charge in [-0.1, -0.05) is 110 Å². The van der Waals surface area contributed by atoms with E-state index < -0.39 is 0 Å². The first-order valence-electron chi connectivity index (χ1n) is 12.1. The molecule has 0 radical (unpaired) electrons. The lowest BCUT2D eigenvalue weighted by Crippen LogP contribution is -2.14. The second-order valence-electron chi connectivity index (χ2n) is 8.57. The van der Waals surface area contributed by atoms with Gasteiger partial charge in [0.25, 0.3) is 0 Å². The molecule has 1 heteroatoms. The van der Waals surface area contributed by atoms with Crippen molar-refractivity contribution >= 4 is 7.92 Å². The van der Waals surface area contributed by atoms with Gasteiger partial charge in [-0.15, -0.1) is 7.92 Å². The summed E-state index contributed by atoms with van der Waals surface area (Å²) in [4.78, 5) is 0. The van der Waals surface area contributed by atoms with Crippen molar-refractivity contribution in [2.24, 2.45) is 0 Å². The number of hydrogen-bond acceptors (Lipinski definition) is 0. The standard InChI is InChI=1S/C24H49P/c1-3-5-7-9-11-13-18-22-25(24-20-16-15-17-21-24)23-19-14-12-10-8-6-4-2/h24H,3-23H2,1-2H3. The summed E-state index contributed by atoms with van der Waals surface area (Å²) in [7, 11) is 0.366. The lowest BCUT2D eigenvalue weighted by molar-refractivity contribution is 0.508. The Morgan fingerprint density at radius 2 is 0.920 bits per heavy atom. The highest BCUT2D eigenvalue weighted by Gasteiger charge is 2.22. The van der Waals surface area contributed by atoms with E-state index in [-0.39, 0.29) is 0 Å². The highest BCUT2D eigenvalue weighted by Crippen LogP contribution is 2.49. The molecule has 25 heavy (non-hydrogen) atoms. The summed E-state index contributed by atoms with van der Waals surface area (Å²) < 4.78 is 0. The quantitative estimate of drug-likeness (QED) is 0.177. The van der Waals surface area contributed by atoms with Gasteiger partial charge in [0.05, 0.1) is 0 Å². The minimum Gasteiger partial charge on any atom is -0.104 e. The Balaban J connectivity index is 2.13. The largest absolute Gasteiger partial charge is 0.104 e. The van der Waals surface area contributed by atoms with Crippen LogP contribution >= 0.6 is 7.92 Å². The minimum absolute atomic E-state index is 0.366. The van der Waals surface area contributed by atoms with Crippen molar-refractivity contribution in [3.8, 4) is 0 Å². The van der Waals surface area contributed by atoms with Crippen LogP contribution in [0.5, 0.6) is 0 Å². The van der Waals surface area contributed by atoms with Crippen LogP contribution in [-0.2, 0) is 0 Å². The Morgan fingerprint density at radius 1 is 0.520 bits per heavy atom. The molecule has 150 valence electrons. The zero-order valence-corrected chi connectivity index (χ0v) is 18.8. The van der Waals surface area contributed by atoms with E-state index in [1.807, 2.05) is 0 Å². The maximum Gasteiger partial charge on any atom is -0.0209 e. The van der Waals surface area contributed by atoms with E-state index in [1.165, 1.54) is 96.3 Å². The summed E-state index contributed by atoms with van der Waals surface area (Å²) in [5.74, 6) is 0. The zero-order valence-electron chi connectivity index (χ0n) is 17.9. The number of unbranched alkanes of at least 4 members (excludes halogenated alkanes) is 12. The number of hydrogen-bond donors (Lipinski definition) is 0. The molecule has 1 rings (SSSR count). The molecule has 1 aliphatic carbocycles. The molecule has 1 saturated carbocycles. The van der Waals surface area contributed by atoms with Gasteiger partial charge in [0, 0.05) is 0 Å². The Bertz CT molecular complexity index is 239. The summed E-state index contributed by atoms with van der Waals surface area (Å²) >= 11 is 0. The van der Waals surface area contributed by atoms with Crippen LogP contribution in [0.1, 0.15) is 136 Å². The molecule has 0 unspecified atom stereocenters. The van der Waals surface area contributed by atoms with Crippen LogP contribution in [-0.4, -0.2) is 18.0 Å². The Hall–Kier alpha value is 0.430. The highest BCUT2D eigenvalue weighted by atomic mass is 31.1. The van der Waals surface area contributed by atoms with E-state index in [0.717, 1.165) is 5.66 Å². The van der Waals surface area contributed by atoms with Gasteiger partial charge in [-0.05, 0) is 43.7 Å². The maximum atomic E-state index is 2.32. The topological polar surface area (TPSA) is 0 Å². The molecule has 0 heterocycles. The molecule has 1 fully saturated rings. The fourth-order valence-electron chi connectivity index (χ4n) is 4.47. The summed E-state index contributed by atoms with van der Waals surface area (Å²) in [6, 6.07) is 0. The summed E-state index contributed by atoms with van der Waals surface area (Å²) in [5, 5.41) is 0. The monoisotopic (exact) mass is 368 g/mol. The molecule has 0 nitrogen and oxygen atoms in total. The molecule has 0 aliphatic heterocycles. The maximum absolute atomic E-state index is 2.32. The van der Waals surface area contributed by atoms with Crippen molar-refractivity contribution in [1.29, 1.82) is 0 Å². The first-order chi connectivity index (χ1) is 12.4. The SMILES string of the molecule is CCCCCCCCCP(CCCCCCCCC)C1CCCCC1. The molecule has 0 aromatic heterocycles. The molecule has 0 saturated heterocycles. The second kappa shape index (κ2) is 17.8. The molecule has 0 atom stereocenters. The van der Waals surface area contributed by atoms with Gasteiger partial charge in [-0.2, -0.15) is 0 Å². The molecule has 0 aromatic carbocycles. The fourth-order valence-corrected chi connectivity index (χ4v) is 7.78. The normalized spacial score (nSPS) is 16.0. The van der Waals surface area contributed by atoms with Crippen molar-refractivity contribution in [1.82, 2.24) is 0 Å².